The molecule has 4 rings (SSSR count). The third kappa shape index (κ3) is 12.4. The fraction of sp³-hybridized carbons (Fsp3) is 0.512. The van der Waals surface area contributed by atoms with Gasteiger partial charge in [0.05, 0.1) is 47.4 Å². The Morgan fingerprint density at radius 3 is 2.02 bits per heavy atom. The molecule has 0 spiro atoms. The molecule has 0 aliphatic carbocycles. The van der Waals surface area contributed by atoms with Gasteiger partial charge in [0.15, 0.2) is 5.71 Å². The standard InChI is InChI=1S/C41H56N2O14S3/c1-5-42-35-18-16-31(59(49,50)51)29-33(35)41(3,21-23-56-26-27-57-25-24-55-4)37(42)13-8-6-9-14-38-40(2,20-12-28-58(46,47)48)34-30-32(60(52,53)54)17-19-36(34)43(38)22-11-7-10-15-39(44)45/h6,8-9,13-14,16-19,29-30H,5,7,10-12,15,20-28H2,1-4H3,(H3-,44,45,46,47,48,49,50,51,52,53,54)/p+1. The number of unbranched alkanes of at least 4 members (excludes halogenated alkanes) is 2. The summed E-state index contributed by atoms with van der Waals surface area (Å²) in [4.78, 5) is 12.7. The first kappa shape index (κ1) is 48.9. The van der Waals surface area contributed by atoms with Crippen LogP contribution in [0.25, 0.3) is 0 Å². The van der Waals surface area contributed by atoms with Crippen LogP contribution in [0.1, 0.15) is 76.8 Å². The molecule has 2 aliphatic heterocycles. The van der Waals surface area contributed by atoms with Crippen LogP contribution in [0, 0.1) is 0 Å². The van der Waals surface area contributed by atoms with Crippen molar-refractivity contribution in [3.8, 4) is 0 Å². The van der Waals surface area contributed by atoms with Gasteiger partial charge >= 0.3 is 5.97 Å². The quantitative estimate of drug-likeness (QED) is 0.0404. The van der Waals surface area contributed by atoms with Crippen molar-refractivity contribution in [2.45, 2.75) is 86.3 Å². The molecule has 0 fully saturated rings. The Labute approximate surface area is 353 Å². The third-order valence-corrected chi connectivity index (χ3v) is 13.5. The molecule has 0 saturated heterocycles. The Morgan fingerprint density at radius 1 is 0.767 bits per heavy atom. The Morgan fingerprint density at radius 2 is 1.40 bits per heavy atom. The van der Waals surface area contributed by atoms with Gasteiger partial charge in [-0.2, -0.15) is 29.8 Å². The monoisotopic (exact) mass is 897 g/mol. The normalized spacial score (nSPS) is 20.2. The number of methoxy groups -OCH3 is 1. The van der Waals surface area contributed by atoms with Crippen LogP contribution in [0.2, 0.25) is 0 Å². The van der Waals surface area contributed by atoms with Gasteiger partial charge in [-0.3, -0.25) is 18.5 Å². The molecular formula is C41H57N2O14S3+. The highest BCUT2D eigenvalue weighted by Gasteiger charge is 2.48. The van der Waals surface area contributed by atoms with E-state index < -0.39 is 52.9 Å². The largest absolute Gasteiger partial charge is 0.481 e. The number of anilines is 1. The van der Waals surface area contributed by atoms with E-state index in [2.05, 4.69) is 4.90 Å². The van der Waals surface area contributed by atoms with Gasteiger partial charge in [0, 0.05) is 67.6 Å². The molecule has 0 radical (unpaired) electrons. The van der Waals surface area contributed by atoms with Gasteiger partial charge in [-0.05, 0) is 94.8 Å². The van der Waals surface area contributed by atoms with Crippen LogP contribution >= 0.6 is 0 Å². The molecule has 0 bridgehead atoms. The minimum atomic E-state index is -4.60. The molecule has 2 aromatic carbocycles. The second-order valence-electron chi connectivity index (χ2n) is 15.1. The summed E-state index contributed by atoms with van der Waals surface area (Å²) < 4.78 is 120. The van der Waals surface area contributed by atoms with E-state index >= 15 is 0 Å². The molecule has 0 aromatic heterocycles. The van der Waals surface area contributed by atoms with E-state index in [1.165, 1.54) is 24.3 Å². The van der Waals surface area contributed by atoms with E-state index in [0.29, 0.717) is 94.3 Å². The van der Waals surface area contributed by atoms with Crippen molar-refractivity contribution in [3.63, 3.8) is 0 Å². The van der Waals surface area contributed by atoms with Crippen LogP contribution < -0.4 is 4.90 Å². The lowest BCUT2D eigenvalue weighted by Gasteiger charge is -2.30. The van der Waals surface area contributed by atoms with Gasteiger partial charge in [0.1, 0.15) is 6.54 Å². The summed E-state index contributed by atoms with van der Waals surface area (Å²) in [6.07, 6.45) is 11.5. The second-order valence-corrected chi connectivity index (χ2v) is 19.5. The molecule has 2 aromatic rings. The molecule has 4 N–H and O–H groups in total. The first-order valence-corrected chi connectivity index (χ1v) is 24.2. The molecule has 0 amide bonds. The number of hydrogen-bond donors (Lipinski definition) is 4. The van der Waals surface area contributed by atoms with Gasteiger partial charge in [0.2, 0.25) is 5.69 Å². The molecule has 2 heterocycles. The molecule has 332 valence electrons. The zero-order valence-electron chi connectivity index (χ0n) is 34.4. The number of fused-ring (bicyclic) bond motifs is 2. The molecular weight excluding hydrogens is 841 g/mol. The Hall–Kier alpha value is -3.79. The summed E-state index contributed by atoms with van der Waals surface area (Å²) >= 11 is 0. The summed E-state index contributed by atoms with van der Waals surface area (Å²) in [5.41, 5.74) is 2.51. The van der Waals surface area contributed by atoms with Crippen LogP contribution in [0.5, 0.6) is 0 Å². The number of likely N-dealkylation sites (N-methyl/N-ethyl adjacent to an activating group) is 1. The minimum absolute atomic E-state index is 0.0109. The van der Waals surface area contributed by atoms with Crippen LogP contribution in [-0.4, -0.2) is 119 Å². The van der Waals surface area contributed by atoms with Crippen LogP contribution in [-0.2, 0) is 60.2 Å². The zero-order valence-corrected chi connectivity index (χ0v) is 36.9. The number of nitrogens with zero attached hydrogens (tertiary/aromatic N) is 2. The maximum atomic E-state index is 12.2. The summed E-state index contributed by atoms with van der Waals surface area (Å²) in [7, 11) is -11.8. The number of rotatable bonds is 25. The Kier molecular flexibility index (Phi) is 17.0. The van der Waals surface area contributed by atoms with Crippen molar-refractivity contribution in [2.75, 3.05) is 63.9 Å². The first-order valence-electron chi connectivity index (χ1n) is 19.7. The number of ether oxygens (including phenoxy) is 3. The van der Waals surface area contributed by atoms with Gasteiger partial charge < -0.3 is 24.2 Å². The van der Waals surface area contributed by atoms with E-state index in [1.54, 1.807) is 31.4 Å². The van der Waals surface area contributed by atoms with E-state index in [0.717, 1.165) is 11.4 Å². The number of benzene rings is 2. The number of allylic oxidation sites excluding steroid dienone is 6. The van der Waals surface area contributed by atoms with Crippen molar-refractivity contribution in [1.29, 1.82) is 0 Å². The molecule has 60 heavy (non-hydrogen) atoms. The molecule has 19 heteroatoms. The maximum absolute atomic E-state index is 12.2. The van der Waals surface area contributed by atoms with Crippen LogP contribution in [0.4, 0.5) is 11.4 Å². The van der Waals surface area contributed by atoms with Crippen molar-refractivity contribution >= 4 is 53.4 Å². The smallest absolute Gasteiger partial charge is 0.303 e. The number of carboxylic acid groups (broad SMARTS) is 1. The molecule has 2 atom stereocenters. The topological polar surface area (TPSA) is 234 Å². The van der Waals surface area contributed by atoms with Crippen molar-refractivity contribution in [1.82, 2.24) is 0 Å². The Balaban J connectivity index is 1.73. The van der Waals surface area contributed by atoms with Gasteiger partial charge in [0.25, 0.3) is 30.4 Å². The average Bonchev–Trinajstić information content (AvgIpc) is 3.53. The molecule has 2 aliphatic rings. The summed E-state index contributed by atoms with van der Waals surface area (Å²) in [5, 5.41) is 9.13. The van der Waals surface area contributed by atoms with Gasteiger partial charge in [-0.15, -0.1) is 0 Å². The highest BCUT2D eigenvalue weighted by atomic mass is 32.2. The number of carbonyl (C=O) groups is 1. The van der Waals surface area contributed by atoms with Crippen LogP contribution in [0.3, 0.4) is 0 Å². The molecule has 16 nitrogen and oxygen atoms in total. The predicted octanol–water partition coefficient (Wildman–Crippen LogP) is 5.71. The average molecular weight is 898 g/mol. The SMILES string of the molecule is CCN1/C(=C/C=C/C=C/C2=[N+](CCCCCC(=O)O)c3ccc(S(=O)(=O)O)cc3C2(C)CCCS(=O)(=O)O)C(C)(CCOCCOCCOC)c2cc(S(=O)(=O)O)ccc21. The van der Waals surface area contributed by atoms with E-state index in [1.807, 2.05) is 43.6 Å². The van der Waals surface area contributed by atoms with Crippen LogP contribution in [0.15, 0.2) is 82.3 Å². The van der Waals surface area contributed by atoms with E-state index in [9.17, 15) is 43.7 Å². The predicted molar refractivity (Wildman–Crippen MR) is 226 cm³/mol. The molecule has 2 unspecified atom stereocenters. The molecule has 0 saturated carbocycles. The zero-order chi connectivity index (χ0) is 44.4. The summed E-state index contributed by atoms with van der Waals surface area (Å²) in [6.45, 7) is 8.70. The van der Waals surface area contributed by atoms with Crippen molar-refractivity contribution in [3.05, 3.63) is 83.6 Å². The van der Waals surface area contributed by atoms with Gasteiger partial charge in [-0.1, -0.05) is 18.2 Å². The summed E-state index contributed by atoms with van der Waals surface area (Å²) in [6, 6.07) is 8.79. The van der Waals surface area contributed by atoms with Gasteiger partial charge in [-0.25, -0.2) is 0 Å². The van der Waals surface area contributed by atoms with Crippen molar-refractivity contribution in [2.24, 2.45) is 0 Å². The lowest BCUT2D eigenvalue weighted by molar-refractivity contribution is -0.438. The van der Waals surface area contributed by atoms with E-state index in [-0.39, 0.29) is 29.1 Å². The fourth-order valence-corrected chi connectivity index (χ4v) is 9.44. The third-order valence-electron chi connectivity index (χ3n) is 11.0. The number of hydrogen-bond acceptors (Lipinski definition) is 11. The highest BCUT2D eigenvalue weighted by molar-refractivity contribution is 7.86. The minimum Gasteiger partial charge on any atom is -0.481 e. The Bertz CT molecular complexity index is 2320. The highest BCUT2D eigenvalue weighted by Crippen LogP contribution is 2.50. The maximum Gasteiger partial charge on any atom is 0.303 e. The van der Waals surface area contributed by atoms with E-state index in [4.69, 9.17) is 19.3 Å². The number of aliphatic carboxylic acids is 1. The number of carboxylic acids is 1. The summed E-state index contributed by atoms with van der Waals surface area (Å²) in [5.74, 6) is -1.42. The first-order chi connectivity index (χ1) is 28.2. The lowest BCUT2D eigenvalue weighted by Crippen LogP contribution is -2.32. The lowest BCUT2D eigenvalue weighted by atomic mass is 9.76. The van der Waals surface area contributed by atoms with Crippen molar-refractivity contribution < 1.29 is 67.6 Å². The fourth-order valence-electron chi connectivity index (χ4n) is 7.92. The second kappa shape index (κ2) is 20.9.